The Morgan fingerprint density at radius 3 is 2.71 bits per heavy atom. The second-order valence-electron chi connectivity index (χ2n) is 3.99. The number of anilines is 2. The molecule has 2 aromatic rings. The van der Waals surface area contributed by atoms with E-state index in [0.717, 1.165) is 0 Å². The Morgan fingerprint density at radius 2 is 2.12 bits per heavy atom. The minimum atomic E-state index is -0.234. The van der Waals surface area contributed by atoms with Crippen LogP contribution >= 0.6 is 0 Å². The Balaban J connectivity index is 2.20. The summed E-state index contributed by atoms with van der Waals surface area (Å²) in [5, 5.41) is 7.25. The van der Waals surface area contributed by atoms with Crippen molar-refractivity contribution in [3.8, 4) is 0 Å². The Kier molecular flexibility index (Phi) is 2.99. The molecule has 0 aliphatic heterocycles. The average molecular weight is 234 g/mol. The number of nitrogens with two attached hydrogens (primary N) is 1. The molecule has 5 heteroatoms. The van der Waals surface area contributed by atoms with Gasteiger partial charge in [-0.1, -0.05) is 18.2 Å². The molecule has 0 saturated carbocycles. The van der Waals surface area contributed by atoms with Crippen molar-refractivity contribution in [2.45, 2.75) is 13.0 Å². The molecule has 0 spiro atoms. The number of hydrogen-bond acceptors (Lipinski definition) is 3. The molecule has 1 aromatic heterocycles. The quantitative estimate of drug-likeness (QED) is 0.856. The SMILES string of the molecule is CC(Nc1nn(C)cc1N)c1ccccc1F. The molecular weight excluding hydrogens is 219 g/mol. The van der Waals surface area contributed by atoms with Crippen molar-refractivity contribution in [2.24, 2.45) is 7.05 Å². The number of rotatable bonds is 3. The first-order chi connectivity index (χ1) is 8.08. The van der Waals surface area contributed by atoms with Gasteiger partial charge in [0.25, 0.3) is 0 Å². The van der Waals surface area contributed by atoms with Gasteiger partial charge in [-0.2, -0.15) is 5.10 Å². The number of nitrogens with zero attached hydrogens (tertiary/aromatic N) is 2. The normalized spacial score (nSPS) is 12.4. The summed E-state index contributed by atoms with van der Waals surface area (Å²) < 4.78 is 15.2. The summed E-state index contributed by atoms with van der Waals surface area (Å²) >= 11 is 0. The summed E-state index contributed by atoms with van der Waals surface area (Å²) in [7, 11) is 1.79. The van der Waals surface area contributed by atoms with Crippen LogP contribution in [0, 0.1) is 5.82 Å². The molecule has 2 rings (SSSR count). The third-order valence-corrected chi connectivity index (χ3v) is 2.58. The van der Waals surface area contributed by atoms with E-state index in [-0.39, 0.29) is 11.9 Å². The van der Waals surface area contributed by atoms with Gasteiger partial charge in [0, 0.05) is 18.8 Å². The van der Waals surface area contributed by atoms with Gasteiger partial charge < -0.3 is 11.1 Å². The molecule has 4 nitrogen and oxygen atoms in total. The molecule has 1 unspecified atom stereocenters. The van der Waals surface area contributed by atoms with Crippen LogP contribution in [-0.2, 0) is 7.05 Å². The van der Waals surface area contributed by atoms with Gasteiger partial charge in [0.2, 0.25) is 0 Å². The van der Waals surface area contributed by atoms with E-state index in [0.29, 0.717) is 17.1 Å². The summed E-state index contributed by atoms with van der Waals surface area (Å²) in [4.78, 5) is 0. The minimum absolute atomic E-state index is 0.187. The monoisotopic (exact) mass is 234 g/mol. The average Bonchev–Trinajstić information content (AvgIpc) is 2.58. The van der Waals surface area contributed by atoms with Crippen LogP contribution in [0.4, 0.5) is 15.9 Å². The van der Waals surface area contributed by atoms with Crippen molar-refractivity contribution in [1.82, 2.24) is 9.78 Å². The van der Waals surface area contributed by atoms with Crippen LogP contribution < -0.4 is 11.1 Å². The van der Waals surface area contributed by atoms with E-state index < -0.39 is 0 Å². The van der Waals surface area contributed by atoms with Gasteiger partial charge in [-0.3, -0.25) is 4.68 Å². The molecule has 0 fully saturated rings. The second-order valence-corrected chi connectivity index (χ2v) is 3.99. The lowest BCUT2D eigenvalue weighted by atomic mass is 10.1. The van der Waals surface area contributed by atoms with Crippen LogP contribution in [0.3, 0.4) is 0 Å². The number of nitrogen functional groups attached to an aromatic ring is 1. The third kappa shape index (κ3) is 2.38. The van der Waals surface area contributed by atoms with Crippen molar-refractivity contribution in [3.63, 3.8) is 0 Å². The van der Waals surface area contributed by atoms with E-state index in [1.165, 1.54) is 6.07 Å². The van der Waals surface area contributed by atoms with E-state index in [2.05, 4.69) is 10.4 Å². The van der Waals surface area contributed by atoms with Crippen molar-refractivity contribution >= 4 is 11.5 Å². The summed E-state index contributed by atoms with van der Waals surface area (Å²) in [6.07, 6.45) is 1.70. The predicted molar refractivity (Wildman–Crippen MR) is 66.1 cm³/mol. The smallest absolute Gasteiger partial charge is 0.171 e. The lowest BCUT2D eigenvalue weighted by Crippen LogP contribution is -2.10. The first-order valence-corrected chi connectivity index (χ1v) is 5.38. The molecule has 0 bridgehead atoms. The third-order valence-electron chi connectivity index (χ3n) is 2.58. The first-order valence-electron chi connectivity index (χ1n) is 5.38. The summed E-state index contributed by atoms with van der Waals surface area (Å²) in [5.41, 5.74) is 6.91. The maximum Gasteiger partial charge on any atom is 0.171 e. The lowest BCUT2D eigenvalue weighted by molar-refractivity contribution is 0.599. The Labute approximate surface area is 99.2 Å². The fourth-order valence-corrected chi connectivity index (χ4v) is 1.73. The summed E-state index contributed by atoms with van der Waals surface area (Å²) in [6.45, 7) is 1.87. The van der Waals surface area contributed by atoms with E-state index in [1.807, 2.05) is 6.92 Å². The highest BCUT2D eigenvalue weighted by molar-refractivity contribution is 5.60. The number of halogens is 1. The number of hydrogen-bond donors (Lipinski definition) is 2. The van der Waals surface area contributed by atoms with E-state index >= 15 is 0 Å². The molecule has 1 atom stereocenters. The van der Waals surface area contributed by atoms with Crippen LogP contribution in [-0.4, -0.2) is 9.78 Å². The molecule has 0 aliphatic carbocycles. The maximum absolute atomic E-state index is 13.6. The van der Waals surface area contributed by atoms with Gasteiger partial charge in [0.05, 0.1) is 11.7 Å². The Morgan fingerprint density at radius 1 is 1.41 bits per heavy atom. The van der Waals surface area contributed by atoms with E-state index in [9.17, 15) is 4.39 Å². The minimum Gasteiger partial charge on any atom is -0.394 e. The van der Waals surface area contributed by atoms with Crippen molar-refractivity contribution < 1.29 is 4.39 Å². The van der Waals surface area contributed by atoms with Crippen molar-refractivity contribution in [1.29, 1.82) is 0 Å². The molecule has 90 valence electrons. The summed E-state index contributed by atoms with van der Waals surface area (Å²) in [6, 6.07) is 6.47. The number of aryl methyl sites for hydroxylation is 1. The zero-order chi connectivity index (χ0) is 12.4. The molecule has 3 N–H and O–H groups in total. The van der Waals surface area contributed by atoms with Gasteiger partial charge in [-0.15, -0.1) is 0 Å². The van der Waals surface area contributed by atoms with Crippen LogP contribution in [0.5, 0.6) is 0 Å². The molecule has 0 saturated heterocycles. The van der Waals surface area contributed by atoms with Gasteiger partial charge >= 0.3 is 0 Å². The fraction of sp³-hybridized carbons (Fsp3) is 0.250. The fourth-order valence-electron chi connectivity index (χ4n) is 1.73. The molecule has 1 aromatic carbocycles. The number of benzene rings is 1. The predicted octanol–water partition coefficient (Wildman–Crippen LogP) is 2.31. The molecular formula is C12H15FN4. The highest BCUT2D eigenvalue weighted by atomic mass is 19.1. The number of nitrogens with one attached hydrogen (secondary N) is 1. The van der Waals surface area contributed by atoms with E-state index in [1.54, 1.807) is 36.1 Å². The second kappa shape index (κ2) is 4.45. The highest BCUT2D eigenvalue weighted by Crippen LogP contribution is 2.23. The van der Waals surface area contributed by atoms with Gasteiger partial charge in [-0.25, -0.2) is 4.39 Å². The topological polar surface area (TPSA) is 55.9 Å². The van der Waals surface area contributed by atoms with E-state index in [4.69, 9.17) is 5.73 Å². The van der Waals surface area contributed by atoms with Gasteiger partial charge in [0.1, 0.15) is 5.82 Å². The Hall–Kier alpha value is -2.04. The van der Waals surface area contributed by atoms with Gasteiger partial charge in [-0.05, 0) is 13.0 Å². The molecule has 1 heterocycles. The van der Waals surface area contributed by atoms with Crippen LogP contribution in [0.2, 0.25) is 0 Å². The summed E-state index contributed by atoms with van der Waals surface area (Å²) in [5.74, 6) is 0.338. The van der Waals surface area contributed by atoms with Gasteiger partial charge in [0.15, 0.2) is 5.82 Å². The van der Waals surface area contributed by atoms with Crippen LogP contribution in [0.25, 0.3) is 0 Å². The van der Waals surface area contributed by atoms with Crippen molar-refractivity contribution in [2.75, 3.05) is 11.1 Å². The molecule has 0 amide bonds. The van der Waals surface area contributed by atoms with Crippen molar-refractivity contribution in [3.05, 3.63) is 41.8 Å². The Bertz CT molecular complexity index is 521. The van der Waals surface area contributed by atoms with Crippen LogP contribution in [0.15, 0.2) is 30.5 Å². The van der Waals surface area contributed by atoms with Crippen LogP contribution in [0.1, 0.15) is 18.5 Å². The zero-order valence-electron chi connectivity index (χ0n) is 9.81. The molecule has 0 aliphatic rings. The maximum atomic E-state index is 13.6. The largest absolute Gasteiger partial charge is 0.394 e. The molecule has 0 radical (unpaired) electrons. The standard InChI is InChI=1S/C12H15FN4/c1-8(9-5-3-4-6-10(9)13)15-12-11(14)7-17(2)16-12/h3-8H,14H2,1-2H3,(H,15,16). The number of aromatic nitrogens is 2. The zero-order valence-corrected chi connectivity index (χ0v) is 9.81. The molecule has 17 heavy (non-hydrogen) atoms. The highest BCUT2D eigenvalue weighted by Gasteiger charge is 2.12. The lowest BCUT2D eigenvalue weighted by Gasteiger charge is -2.14. The first kappa shape index (κ1) is 11.4.